The molecule has 2 saturated heterocycles. The van der Waals surface area contributed by atoms with Crippen LogP contribution in [0.15, 0.2) is 47.6 Å². The maximum absolute atomic E-state index is 14.5. The molecule has 0 aromatic heterocycles. The molecule has 1 unspecified atom stereocenters. The minimum Gasteiger partial charge on any atom is -0.460 e. The first-order valence-electron chi connectivity index (χ1n) is 25.3. The number of aliphatic hydroxyl groups excluding tert-OH is 2. The minimum atomic E-state index is -2.43. The van der Waals surface area contributed by atoms with E-state index in [0.29, 0.717) is 63.4 Å². The predicted octanol–water partition coefficient (Wildman–Crippen LogP) is 7.97. The monoisotopic (exact) mass is 940 g/mol. The second-order valence-electron chi connectivity index (χ2n) is 21.2. The third-order valence-electron chi connectivity index (χ3n) is 14.8. The number of carbonyl (C=O) groups excluding carboxylic acids is 5. The highest BCUT2D eigenvalue weighted by Crippen LogP contribution is 2.38. The van der Waals surface area contributed by atoms with E-state index >= 15 is 0 Å². The molecule has 0 aromatic carbocycles. The highest BCUT2D eigenvalue weighted by Gasteiger charge is 2.53. The molecule has 2 bridgehead atoms. The summed E-state index contributed by atoms with van der Waals surface area (Å²) >= 11 is 0. The standard InChI is InChI=1S/C54H85NO12/c1-32(2)43-29-38(9)49(59)50(64-11)48(58)37(8)27-34(5)17-13-12-14-18-35(6)46(65-33(3)4)30-42-25-20-39(10)54(63,67-42)51(60)52(61)55-26-16-15-19-44(55)53(62)66-47(31-45(43)57)36(7)28-40-21-23-41(56)24-22-40/h12-14,17-18,29,32-34,36-37,39-44,46-47,49-50,56,59,63H,15-16,19-28,30-31H2,1-11H3/b14-12+,17-13+,35-18+,38-29+/t34-,36-,37-,39-,40?,41?,42+,43+,44+,46?,47+,49-,50+,54-/m1/s1. The number of methoxy groups -OCH3 is 1. The number of esters is 1. The van der Waals surface area contributed by atoms with Crippen molar-refractivity contribution in [3.8, 4) is 0 Å². The van der Waals surface area contributed by atoms with Crippen molar-refractivity contribution in [1.82, 2.24) is 4.90 Å². The first-order chi connectivity index (χ1) is 31.6. The van der Waals surface area contributed by atoms with Crippen LogP contribution in [0.25, 0.3) is 0 Å². The summed E-state index contributed by atoms with van der Waals surface area (Å²) in [4.78, 5) is 72.7. The van der Waals surface area contributed by atoms with E-state index in [2.05, 4.69) is 0 Å². The number of fused-ring (bicyclic) bond motifs is 3. The topological polar surface area (TPSA) is 186 Å². The number of ether oxygens (including phenoxy) is 4. The molecule has 1 saturated carbocycles. The third-order valence-corrected chi connectivity index (χ3v) is 14.8. The maximum Gasteiger partial charge on any atom is 0.329 e. The Hall–Kier alpha value is -3.33. The molecule has 3 heterocycles. The Bertz CT molecular complexity index is 1790. The van der Waals surface area contributed by atoms with Crippen LogP contribution in [0.4, 0.5) is 0 Å². The summed E-state index contributed by atoms with van der Waals surface area (Å²) in [5, 5.41) is 33.9. The molecule has 1 amide bonds. The van der Waals surface area contributed by atoms with Gasteiger partial charge in [-0.15, -0.1) is 0 Å². The Balaban J connectivity index is 1.75. The minimum absolute atomic E-state index is 0.0186. The number of rotatable bonds is 7. The maximum atomic E-state index is 14.5. The normalized spacial score (nSPS) is 38.6. The lowest BCUT2D eigenvalue weighted by Crippen LogP contribution is -2.61. The third kappa shape index (κ3) is 15.6. The fraction of sp³-hybridized carbons (Fsp3) is 0.759. The summed E-state index contributed by atoms with van der Waals surface area (Å²) in [6.07, 6.45) is 13.1. The Kier molecular flexibility index (Phi) is 21.9. The molecule has 3 aliphatic heterocycles. The van der Waals surface area contributed by atoms with Gasteiger partial charge in [-0.1, -0.05) is 78.0 Å². The molecule has 0 aromatic rings. The van der Waals surface area contributed by atoms with Crippen molar-refractivity contribution in [3.05, 3.63) is 47.6 Å². The first kappa shape index (κ1) is 56.3. The zero-order chi connectivity index (χ0) is 49.7. The zero-order valence-corrected chi connectivity index (χ0v) is 42.5. The van der Waals surface area contributed by atoms with Crippen LogP contribution in [0.1, 0.15) is 153 Å². The predicted molar refractivity (Wildman–Crippen MR) is 257 cm³/mol. The van der Waals surface area contributed by atoms with Crippen LogP contribution in [-0.2, 0) is 42.9 Å². The lowest BCUT2D eigenvalue weighted by atomic mass is 9.79. The molecule has 13 nitrogen and oxygen atoms in total. The van der Waals surface area contributed by atoms with Gasteiger partial charge in [-0.05, 0) is 133 Å². The number of Topliss-reactive ketones (excluding diaryl/α,β-unsaturated/α-hetero) is 3. The van der Waals surface area contributed by atoms with Gasteiger partial charge in [0, 0.05) is 44.2 Å². The summed E-state index contributed by atoms with van der Waals surface area (Å²) in [5.41, 5.74) is 1.32. The molecule has 12 atom stereocenters. The van der Waals surface area contributed by atoms with E-state index in [1.165, 1.54) is 12.0 Å². The van der Waals surface area contributed by atoms with Crippen LogP contribution in [0.3, 0.4) is 0 Å². The van der Waals surface area contributed by atoms with Crippen molar-refractivity contribution in [2.24, 2.45) is 41.4 Å². The van der Waals surface area contributed by atoms with Crippen molar-refractivity contribution in [2.45, 2.75) is 207 Å². The van der Waals surface area contributed by atoms with Gasteiger partial charge in [0.15, 0.2) is 5.78 Å². The molecule has 67 heavy (non-hydrogen) atoms. The largest absolute Gasteiger partial charge is 0.460 e. The van der Waals surface area contributed by atoms with Gasteiger partial charge in [-0.2, -0.15) is 0 Å². The van der Waals surface area contributed by atoms with E-state index in [9.17, 15) is 39.3 Å². The molecule has 0 spiro atoms. The van der Waals surface area contributed by atoms with Gasteiger partial charge in [0.05, 0.1) is 24.4 Å². The van der Waals surface area contributed by atoms with E-state index < -0.39 is 77.8 Å². The number of hydrogen-bond donors (Lipinski definition) is 3. The molecule has 378 valence electrons. The molecule has 3 fully saturated rings. The van der Waals surface area contributed by atoms with Crippen molar-refractivity contribution >= 4 is 29.2 Å². The van der Waals surface area contributed by atoms with Crippen LogP contribution in [0.5, 0.6) is 0 Å². The fourth-order valence-electron chi connectivity index (χ4n) is 10.4. The first-order valence-corrected chi connectivity index (χ1v) is 25.3. The van der Waals surface area contributed by atoms with Gasteiger partial charge in [0.25, 0.3) is 11.7 Å². The summed E-state index contributed by atoms with van der Waals surface area (Å²) < 4.78 is 24.6. The smallest absolute Gasteiger partial charge is 0.329 e. The number of piperidine rings is 1. The number of amides is 1. The van der Waals surface area contributed by atoms with Gasteiger partial charge >= 0.3 is 5.97 Å². The number of allylic oxidation sites excluding steroid dienone is 6. The van der Waals surface area contributed by atoms with Gasteiger partial charge in [-0.3, -0.25) is 19.2 Å². The van der Waals surface area contributed by atoms with E-state index in [4.69, 9.17) is 18.9 Å². The van der Waals surface area contributed by atoms with Gasteiger partial charge in [0.2, 0.25) is 5.79 Å². The van der Waals surface area contributed by atoms with Crippen LogP contribution < -0.4 is 0 Å². The average Bonchev–Trinajstić information content (AvgIpc) is 3.28. The van der Waals surface area contributed by atoms with Gasteiger partial charge < -0.3 is 39.2 Å². The van der Waals surface area contributed by atoms with Crippen LogP contribution >= 0.6 is 0 Å². The van der Waals surface area contributed by atoms with Gasteiger partial charge in [-0.25, -0.2) is 4.79 Å². The van der Waals surface area contributed by atoms with Crippen LogP contribution in [-0.4, -0.2) is 118 Å². The molecular weight excluding hydrogens is 855 g/mol. The Morgan fingerprint density at radius 2 is 1.54 bits per heavy atom. The zero-order valence-electron chi connectivity index (χ0n) is 42.5. The summed E-state index contributed by atoms with van der Waals surface area (Å²) in [6, 6.07) is -1.12. The molecule has 4 rings (SSSR count). The summed E-state index contributed by atoms with van der Waals surface area (Å²) in [6.45, 7) is 18.9. The average molecular weight is 940 g/mol. The van der Waals surface area contributed by atoms with Crippen LogP contribution in [0, 0.1) is 41.4 Å². The Morgan fingerprint density at radius 3 is 2.18 bits per heavy atom. The highest BCUT2D eigenvalue weighted by molar-refractivity contribution is 6.39. The lowest BCUT2D eigenvalue weighted by molar-refractivity contribution is -0.266. The summed E-state index contributed by atoms with van der Waals surface area (Å²) in [5.74, 6) is -7.82. The number of cyclic esters (lactones) is 1. The van der Waals surface area contributed by atoms with Crippen LogP contribution in [0.2, 0.25) is 0 Å². The lowest BCUT2D eigenvalue weighted by Gasteiger charge is -2.43. The fourth-order valence-corrected chi connectivity index (χ4v) is 10.4. The molecule has 1 aliphatic carbocycles. The van der Waals surface area contributed by atoms with E-state index in [1.54, 1.807) is 19.9 Å². The molecule has 13 heteroatoms. The molecule has 0 radical (unpaired) electrons. The van der Waals surface area contributed by atoms with Gasteiger partial charge in [0.1, 0.15) is 30.1 Å². The number of ketones is 3. The SMILES string of the molecule is CO[C@H]1C(=O)[C@H](C)C[C@H](C)/C=C/C=C/C=C(\C)C(OC(C)C)C[C@@H]2CC[C@@H](C)[C@@](O)(O2)C(=O)C(=O)N2CCCC[C@H]2C(=O)O[C@H]([C@H](C)CC2CCC(O)CC2)CC(=O)[C@H](C(C)C)/C=C(\C)[C@H]1O. The highest BCUT2D eigenvalue weighted by atomic mass is 16.6. The quantitative estimate of drug-likeness (QED) is 0.127. The molecular formula is C54H85NO12. The van der Waals surface area contributed by atoms with Crippen molar-refractivity contribution in [2.75, 3.05) is 13.7 Å². The van der Waals surface area contributed by atoms with E-state index in [1.807, 2.05) is 85.8 Å². The Labute approximate surface area is 401 Å². The van der Waals surface area contributed by atoms with Crippen molar-refractivity contribution in [1.29, 1.82) is 0 Å². The second kappa shape index (κ2) is 26.0. The number of carbonyl (C=O) groups is 5. The number of nitrogens with zero attached hydrogens (tertiary/aromatic N) is 1. The second-order valence-corrected chi connectivity index (χ2v) is 21.2. The number of hydrogen-bond acceptors (Lipinski definition) is 12. The number of aliphatic hydroxyl groups is 3. The summed E-state index contributed by atoms with van der Waals surface area (Å²) in [7, 11) is 1.40. The Morgan fingerprint density at radius 1 is 0.851 bits per heavy atom. The van der Waals surface area contributed by atoms with Crippen molar-refractivity contribution < 1.29 is 58.2 Å². The van der Waals surface area contributed by atoms with E-state index in [0.717, 1.165) is 18.4 Å². The van der Waals surface area contributed by atoms with E-state index in [-0.39, 0.29) is 66.8 Å². The molecule has 3 N–H and O–H groups in total. The molecule has 4 aliphatic rings. The van der Waals surface area contributed by atoms with Crippen molar-refractivity contribution in [3.63, 3.8) is 0 Å².